The average molecular weight is 231 g/mol. The number of nitrogens with zero attached hydrogens (tertiary/aromatic N) is 1. The van der Waals surface area contributed by atoms with Crippen molar-refractivity contribution in [3.63, 3.8) is 0 Å². The van der Waals surface area contributed by atoms with Crippen LogP contribution in [-0.4, -0.2) is 30.1 Å². The molecule has 2 bridgehead atoms. The van der Waals surface area contributed by atoms with E-state index < -0.39 is 0 Å². The van der Waals surface area contributed by atoms with E-state index in [2.05, 4.69) is 43.1 Å². The van der Waals surface area contributed by atoms with E-state index in [0.717, 1.165) is 17.8 Å². The molecule has 2 saturated heterocycles. The van der Waals surface area contributed by atoms with Crippen molar-refractivity contribution in [1.82, 2.24) is 4.90 Å². The Hall–Kier alpha value is -1.02. The van der Waals surface area contributed by atoms with Crippen molar-refractivity contribution in [2.24, 2.45) is 0 Å². The topological polar surface area (TPSA) is 12.5 Å². The standard InChI is InChI=1S/C15H21NO/c1-11-3-7-14(8-4-11)17-15-9-12-5-6-13(10-15)16(12)2/h3-4,7-8,12-13,15H,5-6,9-10H2,1-2H3. The summed E-state index contributed by atoms with van der Waals surface area (Å²) < 4.78 is 6.11. The molecular formula is C15H21NO. The van der Waals surface area contributed by atoms with Crippen LogP contribution in [0.5, 0.6) is 5.75 Å². The van der Waals surface area contributed by atoms with Crippen LogP contribution in [-0.2, 0) is 0 Å². The summed E-state index contributed by atoms with van der Waals surface area (Å²) >= 11 is 0. The van der Waals surface area contributed by atoms with Crippen LogP contribution in [0.2, 0.25) is 0 Å². The Kier molecular flexibility index (Phi) is 2.83. The third kappa shape index (κ3) is 2.19. The fourth-order valence-corrected chi connectivity index (χ4v) is 3.27. The number of piperidine rings is 1. The van der Waals surface area contributed by atoms with E-state index in [1.54, 1.807) is 0 Å². The zero-order valence-corrected chi connectivity index (χ0v) is 10.7. The predicted octanol–water partition coefficient (Wildman–Crippen LogP) is 3.00. The van der Waals surface area contributed by atoms with E-state index in [0.29, 0.717) is 6.10 Å². The predicted molar refractivity (Wildman–Crippen MR) is 69.4 cm³/mol. The van der Waals surface area contributed by atoms with Gasteiger partial charge < -0.3 is 9.64 Å². The average Bonchev–Trinajstić information content (AvgIpc) is 2.55. The summed E-state index contributed by atoms with van der Waals surface area (Å²) in [6, 6.07) is 9.94. The molecule has 1 aromatic carbocycles. The second-order valence-electron chi connectivity index (χ2n) is 5.57. The second-order valence-corrected chi connectivity index (χ2v) is 5.57. The van der Waals surface area contributed by atoms with Gasteiger partial charge in [-0.25, -0.2) is 0 Å². The lowest BCUT2D eigenvalue weighted by molar-refractivity contribution is 0.0661. The van der Waals surface area contributed by atoms with Crippen molar-refractivity contribution in [1.29, 1.82) is 0 Å². The molecule has 3 rings (SSSR count). The first-order chi connectivity index (χ1) is 8.22. The molecule has 2 nitrogen and oxygen atoms in total. The molecule has 2 fully saturated rings. The molecule has 2 atom stereocenters. The van der Waals surface area contributed by atoms with Gasteiger partial charge in [0, 0.05) is 12.1 Å². The van der Waals surface area contributed by atoms with Crippen molar-refractivity contribution >= 4 is 0 Å². The van der Waals surface area contributed by atoms with Crippen molar-refractivity contribution in [3.05, 3.63) is 29.8 Å². The summed E-state index contributed by atoms with van der Waals surface area (Å²) in [5, 5.41) is 0. The van der Waals surface area contributed by atoms with Crippen molar-refractivity contribution in [2.75, 3.05) is 7.05 Å². The van der Waals surface area contributed by atoms with Crippen LogP contribution >= 0.6 is 0 Å². The highest BCUT2D eigenvalue weighted by Crippen LogP contribution is 2.35. The molecule has 2 heteroatoms. The van der Waals surface area contributed by atoms with Crippen LogP contribution in [0.25, 0.3) is 0 Å². The summed E-state index contributed by atoms with van der Waals surface area (Å²) in [6.07, 6.45) is 5.53. The molecule has 0 aromatic heterocycles. The molecule has 0 saturated carbocycles. The van der Waals surface area contributed by atoms with Gasteiger partial charge in [-0.15, -0.1) is 0 Å². The Morgan fingerprint density at radius 2 is 1.65 bits per heavy atom. The van der Waals surface area contributed by atoms with Gasteiger partial charge in [0.1, 0.15) is 11.9 Å². The molecule has 0 spiro atoms. The molecule has 17 heavy (non-hydrogen) atoms. The van der Waals surface area contributed by atoms with Gasteiger partial charge in [0.05, 0.1) is 0 Å². The highest BCUT2D eigenvalue weighted by atomic mass is 16.5. The fraction of sp³-hybridized carbons (Fsp3) is 0.600. The first-order valence-electron chi connectivity index (χ1n) is 6.67. The van der Waals surface area contributed by atoms with Crippen molar-refractivity contribution in [2.45, 2.75) is 50.8 Å². The maximum absolute atomic E-state index is 6.11. The van der Waals surface area contributed by atoms with Gasteiger partial charge >= 0.3 is 0 Å². The number of benzene rings is 1. The number of hydrogen-bond acceptors (Lipinski definition) is 2. The van der Waals surface area contributed by atoms with E-state index in [4.69, 9.17) is 4.74 Å². The van der Waals surface area contributed by atoms with Gasteiger partial charge in [0.15, 0.2) is 0 Å². The minimum Gasteiger partial charge on any atom is -0.490 e. The molecule has 92 valence electrons. The molecule has 0 radical (unpaired) electrons. The number of rotatable bonds is 2. The molecular weight excluding hydrogens is 210 g/mol. The number of ether oxygens (including phenoxy) is 1. The molecule has 2 heterocycles. The molecule has 0 aliphatic carbocycles. The van der Waals surface area contributed by atoms with Gasteiger partial charge in [0.25, 0.3) is 0 Å². The monoisotopic (exact) mass is 231 g/mol. The number of aryl methyl sites for hydroxylation is 1. The maximum atomic E-state index is 6.11. The van der Waals surface area contributed by atoms with E-state index in [9.17, 15) is 0 Å². The minimum atomic E-state index is 0.423. The Labute approximate surface area is 104 Å². The lowest BCUT2D eigenvalue weighted by Gasteiger charge is -2.36. The van der Waals surface area contributed by atoms with Gasteiger partial charge in [-0.2, -0.15) is 0 Å². The quantitative estimate of drug-likeness (QED) is 0.776. The van der Waals surface area contributed by atoms with Gasteiger partial charge in [-0.3, -0.25) is 0 Å². The smallest absolute Gasteiger partial charge is 0.119 e. The fourth-order valence-electron chi connectivity index (χ4n) is 3.27. The lowest BCUT2D eigenvalue weighted by Crippen LogP contribution is -2.43. The van der Waals surface area contributed by atoms with Gasteiger partial charge in [-0.05, 0) is 51.8 Å². The first kappa shape index (κ1) is 11.1. The zero-order chi connectivity index (χ0) is 11.8. The van der Waals surface area contributed by atoms with Crippen molar-refractivity contribution < 1.29 is 4.74 Å². The van der Waals surface area contributed by atoms with Crippen LogP contribution in [0.15, 0.2) is 24.3 Å². The molecule has 2 aliphatic rings. The molecule has 2 aliphatic heterocycles. The van der Waals surface area contributed by atoms with E-state index in [1.165, 1.54) is 31.2 Å². The SMILES string of the molecule is Cc1ccc(OC2CC3CCC(C2)N3C)cc1. The lowest BCUT2D eigenvalue weighted by atomic mass is 10.0. The molecule has 1 aromatic rings. The highest BCUT2D eigenvalue weighted by Gasteiger charge is 2.39. The zero-order valence-electron chi connectivity index (χ0n) is 10.7. The van der Waals surface area contributed by atoms with Crippen LogP contribution in [0.1, 0.15) is 31.2 Å². The largest absolute Gasteiger partial charge is 0.490 e. The Balaban J connectivity index is 1.65. The highest BCUT2D eigenvalue weighted by molar-refractivity contribution is 5.26. The summed E-state index contributed by atoms with van der Waals surface area (Å²) in [7, 11) is 2.27. The van der Waals surface area contributed by atoms with Crippen LogP contribution in [0, 0.1) is 6.92 Å². The maximum Gasteiger partial charge on any atom is 0.119 e. The Morgan fingerprint density at radius 1 is 1.06 bits per heavy atom. The normalized spacial score (nSPS) is 32.7. The molecule has 0 amide bonds. The van der Waals surface area contributed by atoms with E-state index in [-0.39, 0.29) is 0 Å². The molecule has 2 unspecified atom stereocenters. The molecule has 0 N–H and O–H groups in total. The van der Waals surface area contributed by atoms with Crippen LogP contribution in [0.4, 0.5) is 0 Å². The second kappa shape index (κ2) is 4.34. The number of hydrogen-bond donors (Lipinski definition) is 0. The summed E-state index contributed by atoms with van der Waals surface area (Å²) in [5.74, 6) is 1.03. The summed E-state index contributed by atoms with van der Waals surface area (Å²) in [6.45, 7) is 2.11. The van der Waals surface area contributed by atoms with Gasteiger partial charge in [-0.1, -0.05) is 17.7 Å². The number of fused-ring (bicyclic) bond motifs is 2. The Morgan fingerprint density at radius 3 is 2.24 bits per heavy atom. The van der Waals surface area contributed by atoms with Crippen molar-refractivity contribution in [3.8, 4) is 5.75 Å². The third-order valence-electron chi connectivity index (χ3n) is 4.38. The summed E-state index contributed by atoms with van der Waals surface area (Å²) in [4.78, 5) is 2.55. The van der Waals surface area contributed by atoms with E-state index >= 15 is 0 Å². The minimum absolute atomic E-state index is 0.423. The van der Waals surface area contributed by atoms with Crippen LogP contribution < -0.4 is 4.74 Å². The third-order valence-corrected chi connectivity index (χ3v) is 4.38. The Bertz CT molecular complexity index is 372. The van der Waals surface area contributed by atoms with Crippen LogP contribution in [0.3, 0.4) is 0 Å². The van der Waals surface area contributed by atoms with Gasteiger partial charge in [0.2, 0.25) is 0 Å². The first-order valence-corrected chi connectivity index (χ1v) is 6.67. The van der Waals surface area contributed by atoms with E-state index in [1.807, 2.05) is 0 Å². The summed E-state index contributed by atoms with van der Waals surface area (Å²) in [5.41, 5.74) is 1.29.